The molecule has 7 heteroatoms. The van der Waals surface area contributed by atoms with E-state index in [2.05, 4.69) is 15.9 Å². The third kappa shape index (κ3) is 4.72. The van der Waals surface area contributed by atoms with Gasteiger partial charge < -0.3 is 9.47 Å². The van der Waals surface area contributed by atoms with E-state index >= 15 is 0 Å². The highest BCUT2D eigenvalue weighted by Crippen LogP contribution is 2.39. The maximum absolute atomic E-state index is 12.2. The number of carbonyl (C=O) groups is 1. The van der Waals surface area contributed by atoms with Gasteiger partial charge in [0.1, 0.15) is 10.9 Å². The van der Waals surface area contributed by atoms with Crippen LogP contribution in [0.4, 0.5) is 0 Å². The number of ether oxygens (including phenoxy) is 2. The number of halogens is 1. The molecule has 0 aliphatic carbocycles. The molecule has 2 aromatic rings. The summed E-state index contributed by atoms with van der Waals surface area (Å²) in [5.74, 6) is 1.17. The quantitative estimate of drug-likeness (QED) is 0.431. The van der Waals surface area contributed by atoms with Gasteiger partial charge in [-0.3, -0.25) is 9.69 Å². The van der Waals surface area contributed by atoms with Crippen LogP contribution in [0.25, 0.3) is 6.08 Å². The summed E-state index contributed by atoms with van der Waals surface area (Å²) in [4.78, 5) is 14.3. The molecule has 0 spiro atoms. The number of thiocarbonyl (C=S) groups is 1. The highest BCUT2D eigenvalue weighted by Gasteiger charge is 2.28. The first-order valence-electron chi connectivity index (χ1n) is 8.34. The van der Waals surface area contributed by atoms with Crippen molar-refractivity contribution in [3.05, 3.63) is 63.0 Å². The number of amides is 1. The van der Waals surface area contributed by atoms with E-state index < -0.39 is 0 Å². The van der Waals surface area contributed by atoms with Crippen molar-refractivity contribution >= 4 is 56.2 Å². The van der Waals surface area contributed by atoms with E-state index in [-0.39, 0.29) is 5.91 Å². The van der Waals surface area contributed by atoms with Crippen molar-refractivity contribution in [2.24, 2.45) is 0 Å². The highest BCUT2D eigenvalue weighted by atomic mass is 79.9. The van der Waals surface area contributed by atoms with Crippen molar-refractivity contribution in [3.8, 4) is 11.5 Å². The minimum absolute atomic E-state index is 0.0940. The second-order valence-electron chi connectivity index (χ2n) is 5.78. The molecule has 3 rings (SSSR count). The number of carbonyl (C=O) groups excluding carboxylic acids is 1. The van der Waals surface area contributed by atoms with Crippen molar-refractivity contribution < 1.29 is 14.3 Å². The Labute approximate surface area is 176 Å². The Kier molecular flexibility index (Phi) is 6.57. The summed E-state index contributed by atoms with van der Waals surface area (Å²) in [6.07, 6.45) is 1.82. The summed E-state index contributed by atoms with van der Waals surface area (Å²) in [6, 6.07) is 13.7. The van der Waals surface area contributed by atoms with Crippen molar-refractivity contribution in [1.82, 2.24) is 4.90 Å². The molecule has 1 heterocycles. The molecule has 1 saturated heterocycles. The molecular formula is C20H18BrNO3S2. The molecule has 0 aromatic heterocycles. The Balaban J connectivity index is 1.88. The topological polar surface area (TPSA) is 38.8 Å². The molecule has 1 aliphatic rings. The van der Waals surface area contributed by atoms with Crippen LogP contribution in [0.15, 0.2) is 51.8 Å². The fourth-order valence-electron chi connectivity index (χ4n) is 2.50. The van der Waals surface area contributed by atoms with Gasteiger partial charge in [0.2, 0.25) is 0 Å². The van der Waals surface area contributed by atoms with Gasteiger partial charge in [-0.25, -0.2) is 0 Å². The lowest BCUT2D eigenvalue weighted by atomic mass is 10.1. The van der Waals surface area contributed by atoms with E-state index in [1.54, 1.807) is 7.05 Å². The second-order valence-corrected chi connectivity index (χ2v) is 8.31. The predicted octanol–water partition coefficient (Wildman–Crippen LogP) is 5.26. The van der Waals surface area contributed by atoms with Gasteiger partial charge >= 0.3 is 0 Å². The average molecular weight is 464 g/mol. The van der Waals surface area contributed by atoms with E-state index in [4.69, 9.17) is 21.7 Å². The molecule has 0 radical (unpaired) electrons. The summed E-state index contributed by atoms with van der Waals surface area (Å²) in [5, 5.41) is 0. The van der Waals surface area contributed by atoms with Crippen LogP contribution >= 0.6 is 39.9 Å². The SMILES string of the molecule is CCOc1cc(/C=C2/SC(=S)N(C)C2=O)cc(Br)c1OCc1ccccc1. The lowest BCUT2D eigenvalue weighted by molar-refractivity contribution is -0.121. The number of hydrogen-bond donors (Lipinski definition) is 0. The molecule has 1 amide bonds. The minimum atomic E-state index is -0.0940. The summed E-state index contributed by atoms with van der Waals surface area (Å²) < 4.78 is 13.1. The Morgan fingerprint density at radius 1 is 1.22 bits per heavy atom. The Hall–Kier alpha value is -1.83. The zero-order chi connectivity index (χ0) is 19.4. The van der Waals surface area contributed by atoms with Gasteiger partial charge in [0.15, 0.2) is 11.5 Å². The number of nitrogens with zero attached hydrogens (tertiary/aromatic N) is 1. The van der Waals surface area contributed by atoms with Gasteiger partial charge in [0.05, 0.1) is 16.0 Å². The van der Waals surface area contributed by atoms with E-state index in [9.17, 15) is 4.79 Å². The lowest BCUT2D eigenvalue weighted by Crippen LogP contribution is -2.22. The summed E-state index contributed by atoms with van der Waals surface area (Å²) in [5.41, 5.74) is 1.91. The molecule has 1 fully saturated rings. The molecule has 0 bridgehead atoms. The largest absolute Gasteiger partial charge is 0.490 e. The predicted molar refractivity (Wildman–Crippen MR) is 117 cm³/mol. The van der Waals surface area contributed by atoms with Gasteiger partial charge in [-0.2, -0.15) is 0 Å². The van der Waals surface area contributed by atoms with Crippen LogP contribution in [-0.4, -0.2) is 28.8 Å². The molecule has 1 aliphatic heterocycles. The number of rotatable bonds is 6. The molecule has 140 valence electrons. The van der Waals surface area contributed by atoms with Crippen molar-refractivity contribution in [1.29, 1.82) is 0 Å². The molecule has 0 unspecified atom stereocenters. The van der Waals surface area contributed by atoms with Crippen LogP contribution in [0.1, 0.15) is 18.1 Å². The van der Waals surface area contributed by atoms with Gasteiger partial charge in [-0.05, 0) is 52.2 Å². The lowest BCUT2D eigenvalue weighted by Gasteiger charge is -2.15. The first-order valence-corrected chi connectivity index (χ1v) is 10.4. The smallest absolute Gasteiger partial charge is 0.265 e. The summed E-state index contributed by atoms with van der Waals surface area (Å²) >= 11 is 10.0. The molecule has 0 N–H and O–H groups in total. The maximum atomic E-state index is 12.2. The number of thioether (sulfide) groups is 1. The van der Waals surface area contributed by atoms with Crippen LogP contribution in [0, 0.1) is 0 Å². The number of benzene rings is 2. The molecule has 2 aromatic carbocycles. The summed E-state index contributed by atoms with van der Waals surface area (Å²) in [6.45, 7) is 2.87. The van der Waals surface area contributed by atoms with E-state index in [0.29, 0.717) is 33.9 Å². The average Bonchev–Trinajstić information content (AvgIpc) is 2.89. The molecule has 27 heavy (non-hydrogen) atoms. The van der Waals surface area contributed by atoms with Crippen LogP contribution in [0.2, 0.25) is 0 Å². The first-order chi connectivity index (χ1) is 13.0. The molecule has 0 atom stereocenters. The Morgan fingerprint density at radius 3 is 2.59 bits per heavy atom. The third-order valence-electron chi connectivity index (χ3n) is 3.84. The minimum Gasteiger partial charge on any atom is -0.490 e. The Bertz CT molecular complexity index is 900. The molecule has 4 nitrogen and oxygen atoms in total. The maximum Gasteiger partial charge on any atom is 0.265 e. The first kappa shape index (κ1) is 19.9. The normalized spacial score (nSPS) is 15.5. The van der Waals surface area contributed by atoms with Crippen LogP contribution in [0.5, 0.6) is 11.5 Å². The van der Waals surface area contributed by atoms with Gasteiger partial charge in [-0.1, -0.05) is 54.3 Å². The van der Waals surface area contributed by atoms with Crippen molar-refractivity contribution in [2.75, 3.05) is 13.7 Å². The fourth-order valence-corrected chi connectivity index (χ4v) is 4.25. The highest BCUT2D eigenvalue weighted by molar-refractivity contribution is 9.10. The zero-order valence-corrected chi connectivity index (χ0v) is 18.1. The van der Waals surface area contributed by atoms with Crippen LogP contribution < -0.4 is 9.47 Å². The van der Waals surface area contributed by atoms with Gasteiger partial charge in [0.25, 0.3) is 5.91 Å². The standard InChI is InChI=1S/C20H18BrNO3S2/c1-3-24-16-10-14(11-17-19(23)22(2)20(26)27-17)9-15(21)18(16)25-12-13-7-5-4-6-8-13/h4-11H,3,12H2,1-2H3/b17-11+. The molecular weight excluding hydrogens is 446 g/mol. The van der Waals surface area contributed by atoms with E-state index in [1.165, 1.54) is 16.7 Å². The monoisotopic (exact) mass is 463 g/mol. The van der Waals surface area contributed by atoms with Gasteiger partial charge in [-0.15, -0.1) is 0 Å². The van der Waals surface area contributed by atoms with Crippen LogP contribution in [-0.2, 0) is 11.4 Å². The van der Waals surface area contributed by atoms with E-state index in [1.807, 2.05) is 55.5 Å². The van der Waals surface area contributed by atoms with Crippen LogP contribution in [0.3, 0.4) is 0 Å². The van der Waals surface area contributed by atoms with E-state index in [0.717, 1.165) is 15.6 Å². The third-order valence-corrected chi connectivity index (χ3v) is 5.92. The number of hydrogen-bond acceptors (Lipinski definition) is 5. The van der Waals surface area contributed by atoms with Crippen molar-refractivity contribution in [2.45, 2.75) is 13.5 Å². The summed E-state index contributed by atoms with van der Waals surface area (Å²) in [7, 11) is 1.68. The number of likely N-dealkylation sites (N-methyl/N-ethyl adjacent to an activating group) is 1. The van der Waals surface area contributed by atoms with Gasteiger partial charge in [0, 0.05) is 7.05 Å². The zero-order valence-electron chi connectivity index (χ0n) is 14.9. The van der Waals surface area contributed by atoms with Crippen molar-refractivity contribution in [3.63, 3.8) is 0 Å². The Morgan fingerprint density at radius 2 is 1.96 bits per heavy atom. The molecule has 0 saturated carbocycles. The fraction of sp³-hybridized carbons (Fsp3) is 0.200. The second kappa shape index (κ2) is 8.91.